The van der Waals surface area contributed by atoms with Crippen LogP contribution in [0.3, 0.4) is 0 Å². The fourth-order valence-corrected chi connectivity index (χ4v) is 3.37. The van der Waals surface area contributed by atoms with Crippen LogP contribution >= 0.6 is 35.6 Å². The molecule has 2 N–H and O–H groups in total. The predicted octanol–water partition coefficient (Wildman–Crippen LogP) is 3.38. The van der Waals surface area contributed by atoms with E-state index in [-0.39, 0.29) is 29.8 Å². The second-order valence-corrected chi connectivity index (χ2v) is 6.91. The Kier molecular flexibility index (Phi) is 6.61. The predicted molar refractivity (Wildman–Crippen MR) is 121 cm³/mol. The van der Waals surface area contributed by atoms with Crippen molar-refractivity contribution in [2.24, 2.45) is 10.7 Å². The molecule has 0 atom stereocenters. The Morgan fingerprint density at radius 1 is 1.07 bits per heavy atom. The number of rotatable bonds is 3. The van der Waals surface area contributed by atoms with Crippen molar-refractivity contribution in [2.45, 2.75) is 6.54 Å². The third-order valence-corrected chi connectivity index (χ3v) is 4.89. The molecule has 0 aliphatic carbocycles. The second-order valence-electron chi connectivity index (χ2n) is 6.47. The van der Waals surface area contributed by atoms with Crippen LogP contribution in [-0.2, 0) is 6.54 Å². The van der Waals surface area contributed by atoms with Crippen LogP contribution < -0.4 is 10.6 Å². The molecule has 6 nitrogen and oxygen atoms in total. The number of anilines is 1. The lowest BCUT2D eigenvalue weighted by Gasteiger charge is -2.36. The first-order valence-electron chi connectivity index (χ1n) is 8.77. The van der Waals surface area contributed by atoms with Crippen LogP contribution in [0.15, 0.2) is 53.8 Å². The molecular formula is C19H21ClFIN6. The fraction of sp³-hybridized carbons (Fsp3) is 0.263. The van der Waals surface area contributed by atoms with Crippen molar-refractivity contribution < 1.29 is 4.39 Å². The van der Waals surface area contributed by atoms with Crippen molar-refractivity contribution in [3.8, 4) is 0 Å². The molecule has 28 heavy (non-hydrogen) atoms. The fourth-order valence-electron chi connectivity index (χ4n) is 3.20. The highest BCUT2D eigenvalue weighted by molar-refractivity contribution is 14.0. The molecule has 0 saturated carbocycles. The summed E-state index contributed by atoms with van der Waals surface area (Å²) < 4.78 is 14.9. The van der Waals surface area contributed by atoms with Gasteiger partial charge in [0.15, 0.2) is 5.96 Å². The van der Waals surface area contributed by atoms with Crippen LogP contribution in [0.4, 0.5) is 10.1 Å². The zero-order chi connectivity index (χ0) is 18.8. The Balaban J connectivity index is 0.00000225. The smallest absolute Gasteiger partial charge is 0.191 e. The number of guanidine groups is 1. The average Bonchev–Trinajstić information content (AvgIpc) is 3.09. The topological polar surface area (TPSA) is 62.2 Å². The number of fused-ring (bicyclic) bond motifs is 1. The maximum Gasteiger partial charge on any atom is 0.191 e. The van der Waals surface area contributed by atoms with Gasteiger partial charge in [-0.25, -0.2) is 14.4 Å². The Bertz CT molecular complexity index is 966. The number of halogens is 3. The van der Waals surface area contributed by atoms with Gasteiger partial charge in [-0.05, 0) is 36.4 Å². The molecule has 9 heteroatoms. The standard InChI is InChI=1S/C19H20ClFN6.HI/c20-14-1-6-18-24-16(13-27(18)12-14)11-23-19(22)26-9-7-25(8-10-26)17-4-2-15(21)3-5-17;/h1-6,12-13H,7-11H2,(H2,22,23);1H. The molecule has 0 bridgehead atoms. The van der Waals surface area contributed by atoms with Crippen LogP contribution in [0.2, 0.25) is 5.02 Å². The maximum atomic E-state index is 13.1. The summed E-state index contributed by atoms with van der Waals surface area (Å²) in [5.74, 6) is 0.298. The van der Waals surface area contributed by atoms with Crippen LogP contribution in [0, 0.1) is 5.82 Å². The number of hydrogen-bond acceptors (Lipinski definition) is 3. The van der Waals surface area contributed by atoms with Crippen LogP contribution in [0.25, 0.3) is 5.65 Å². The number of benzene rings is 1. The summed E-state index contributed by atoms with van der Waals surface area (Å²) >= 11 is 6.00. The maximum absolute atomic E-state index is 13.1. The first kappa shape index (κ1) is 20.7. The van der Waals surface area contributed by atoms with Gasteiger partial charge < -0.3 is 19.9 Å². The number of aliphatic imine (C=N–C) groups is 1. The molecule has 4 rings (SSSR count). The molecule has 0 amide bonds. The highest BCUT2D eigenvalue weighted by Crippen LogP contribution is 2.17. The largest absolute Gasteiger partial charge is 0.370 e. The highest BCUT2D eigenvalue weighted by Gasteiger charge is 2.18. The third kappa shape index (κ3) is 4.67. The zero-order valence-electron chi connectivity index (χ0n) is 15.1. The van der Waals surface area contributed by atoms with Crippen molar-refractivity contribution >= 4 is 52.9 Å². The number of imidazole rings is 1. The van der Waals surface area contributed by atoms with E-state index in [1.54, 1.807) is 12.1 Å². The Hall–Kier alpha value is -2.07. The van der Waals surface area contributed by atoms with Gasteiger partial charge in [0.1, 0.15) is 11.5 Å². The van der Waals surface area contributed by atoms with Crippen LogP contribution in [0.5, 0.6) is 0 Å². The van der Waals surface area contributed by atoms with E-state index in [4.69, 9.17) is 17.3 Å². The number of aromatic nitrogens is 2. The molecule has 1 fully saturated rings. The summed E-state index contributed by atoms with van der Waals surface area (Å²) in [4.78, 5) is 13.3. The van der Waals surface area contributed by atoms with Crippen LogP contribution in [-0.4, -0.2) is 46.4 Å². The minimum Gasteiger partial charge on any atom is -0.370 e. The Morgan fingerprint density at radius 3 is 2.50 bits per heavy atom. The normalized spacial score (nSPS) is 15.0. The van der Waals surface area contributed by atoms with E-state index in [1.165, 1.54) is 12.1 Å². The van der Waals surface area contributed by atoms with E-state index >= 15 is 0 Å². The monoisotopic (exact) mass is 514 g/mol. The molecule has 3 heterocycles. The van der Waals surface area contributed by atoms with E-state index in [2.05, 4.69) is 19.8 Å². The quantitative estimate of drug-likeness (QED) is 0.331. The van der Waals surface area contributed by atoms with E-state index in [1.807, 2.05) is 28.9 Å². The minimum absolute atomic E-state index is 0. The average molecular weight is 515 g/mol. The Morgan fingerprint density at radius 2 is 1.79 bits per heavy atom. The van der Waals surface area contributed by atoms with Crippen molar-refractivity contribution in [1.82, 2.24) is 14.3 Å². The number of piperazine rings is 1. The van der Waals surface area contributed by atoms with Gasteiger partial charge in [0.05, 0.1) is 17.3 Å². The Labute approximate surface area is 184 Å². The molecule has 0 radical (unpaired) electrons. The van der Waals surface area contributed by atoms with Gasteiger partial charge in [0.25, 0.3) is 0 Å². The van der Waals surface area contributed by atoms with E-state index in [0.717, 1.165) is 43.2 Å². The molecule has 1 aromatic carbocycles. The van der Waals surface area contributed by atoms with E-state index < -0.39 is 0 Å². The lowest BCUT2D eigenvalue weighted by atomic mass is 10.2. The molecule has 1 saturated heterocycles. The highest BCUT2D eigenvalue weighted by atomic mass is 127. The SMILES string of the molecule is I.NC(=NCc1cn2cc(Cl)ccc2n1)N1CCN(c2ccc(F)cc2)CC1. The zero-order valence-corrected chi connectivity index (χ0v) is 18.2. The van der Waals surface area contributed by atoms with Gasteiger partial charge in [-0.1, -0.05) is 11.6 Å². The number of nitrogens with zero attached hydrogens (tertiary/aromatic N) is 5. The molecule has 1 aliphatic rings. The van der Waals surface area contributed by atoms with E-state index in [0.29, 0.717) is 17.5 Å². The van der Waals surface area contributed by atoms with Crippen LogP contribution in [0.1, 0.15) is 5.69 Å². The summed E-state index contributed by atoms with van der Waals surface area (Å²) in [7, 11) is 0. The molecule has 0 unspecified atom stereocenters. The summed E-state index contributed by atoms with van der Waals surface area (Å²) in [5.41, 5.74) is 8.86. The number of hydrogen-bond donors (Lipinski definition) is 1. The minimum atomic E-state index is -0.219. The first-order valence-corrected chi connectivity index (χ1v) is 9.15. The molecule has 2 aromatic heterocycles. The number of pyridine rings is 1. The van der Waals surface area contributed by atoms with Gasteiger partial charge in [0, 0.05) is 44.3 Å². The van der Waals surface area contributed by atoms with Crippen molar-refractivity contribution in [3.63, 3.8) is 0 Å². The molecule has 0 spiro atoms. The molecule has 148 valence electrons. The van der Waals surface area contributed by atoms with Crippen molar-refractivity contribution in [2.75, 3.05) is 31.1 Å². The van der Waals surface area contributed by atoms with Gasteiger partial charge in [0.2, 0.25) is 0 Å². The summed E-state index contributed by atoms with van der Waals surface area (Å²) in [6.07, 6.45) is 3.72. The van der Waals surface area contributed by atoms with Crippen molar-refractivity contribution in [1.29, 1.82) is 0 Å². The first-order chi connectivity index (χ1) is 13.1. The van der Waals surface area contributed by atoms with Gasteiger partial charge in [-0.2, -0.15) is 0 Å². The third-order valence-electron chi connectivity index (χ3n) is 4.66. The molecule has 1 aliphatic heterocycles. The van der Waals surface area contributed by atoms with Crippen molar-refractivity contribution in [3.05, 3.63) is 65.3 Å². The number of nitrogens with two attached hydrogens (primary N) is 1. The van der Waals surface area contributed by atoms with Gasteiger partial charge in [-0.15, -0.1) is 24.0 Å². The summed E-state index contributed by atoms with van der Waals surface area (Å²) in [5, 5.41) is 0.661. The summed E-state index contributed by atoms with van der Waals surface area (Å²) in [6.45, 7) is 3.59. The van der Waals surface area contributed by atoms with E-state index in [9.17, 15) is 4.39 Å². The summed E-state index contributed by atoms with van der Waals surface area (Å²) in [6, 6.07) is 10.3. The lowest BCUT2D eigenvalue weighted by molar-refractivity contribution is 0.380. The van der Waals surface area contributed by atoms with Gasteiger partial charge in [-0.3, -0.25) is 0 Å². The molecular weight excluding hydrogens is 494 g/mol. The van der Waals surface area contributed by atoms with Gasteiger partial charge >= 0.3 is 0 Å². The lowest BCUT2D eigenvalue weighted by Crippen LogP contribution is -2.51. The molecule has 3 aromatic rings. The second kappa shape index (κ2) is 8.95.